The van der Waals surface area contributed by atoms with E-state index < -0.39 is 79.4 Å². The minimum Gasteiger partial charge on any atom is -0.466 e. The van der Waals surface area contributed by atoms with E-state index in [1.807, 2.05) is 6.92 Å². The fourth-order valence-corrected chi connectivity index (χ4v) is 13.1. The summed E-state index contributed by atoms with van der Waals surface area (Å²) in [7, 11) is 1.67. The molecule has 0 spiro atoms. The molecule has 7 aliphatic rings. The van der Waals surface area contributed by atoms with Gasteiger partial charge < -0.3 is 68.9 Å². The zero-order valence-electron chi connectivity index (χ0n) is 34.8. The molecule has 0 unspecified atom stereocenters. The third-order valence-electron chi connectivity index (χ3n) is 16.7. The van der Waals surface area contributed by atoms with Gasteiger partial charge >= 0.3 is 5.97 Å². The lowest BCUT2D eigenvalue weighted by Gasteiger charge is -2.62. The molecule has 0 radical (unpaired) electrons. The maximum Gasteiger partial charge on any atom is 0.302 e. The molecule has 3 saturated heterocycles. The van der Waals surface area contributed by atoms with Gasteiger partial charge in [0.15, 0.2) is 18.4 Å². The van der Waals surface area contributed by atoms with E-state index in [0.29, 0.717) is 36.7 Å². The molecule has 0 bridgehead atoms. The molecule has 3 aliphatic heterocycles. The van der Waals surface area contributed by atoms with Crippen molar-refractivity contribution in [2.75, 3.05) is 20.3 Å². The van der Waals surface area contributed by atoms with Gasteiger partial charge in [0.25, 0.3) is 0 Å². The lowest BCUT2D eigenvalue weighted by molar-refractivity contribution is -0.371. The standard InChI is InChI=1S/C42H70O15/c1-20(19-52-23(4)44)10-15-41(51-7)22(3)42(50)30(57-41)17-28-26-9-8-24-16-25(11-13-39(24,5)27(26)12-14-40(28,42)6)54-38-36(34(48)32(46)29(18-43)55-38)56-37-35(49)33(47)31(45)21(2)53-37/h20-22,24-38,43,45-50H,8-19H2,1-7H3/t20-,21+,22-,24+,25+,26-,27+,28+,29-,30+,31+,32-,33-,34+,35-,36-,37+,38-,39+,40+,41-,42-/m1/s1. The van der Waals surface area contributed by atoms with Crippen LogP contribution in [0.2, 0.25) is 0 Å². The van der Waals surface area contributed by atoms with Gasteiger partial charge in [-0.25, -0.2) is 0 Å². The molecule has 3 heterocycles. The maximum absolute atomic E-state index is 12.9. The molecule has 22 atom stereocenters. The highest BCUT2D eigenvalue weighted by Gasteiger charge is 2.76. The first kappa shape index (κ1) is 44.0. The molecule has 57 heavy (non-hydrogen) atoms. The van der Waals surface area contributed by atoms with Gasteiger partial charge in [-0.1, -0.05) is 27.7 Å². The number of ether oxygens (including phenoxy) is 7. The topological polar surface area (TPSA) is 223 Å². The molecule has 7 fully saturated rings. The zero-order chi connectivity index (χ0) is 41.4. The number of aliphatic hydroxyl groups is 7. The second-order valence-corrected chi connectivity index (χ2v) is 19.5. The van der Waals surface area contributed by atoms with E-state index in [-0.39, 0.29) is 40.8 Å². The lowest BCUT2D eigenvalue weighted by Crippen LogP contribution is -2.64. The summed E-state index contributed by atoms with van der Waals surface area (Å²) in [6.07, 6.45) is -5.77. The number of carbonyl (C=O) groups is 1. The molecule has 0 aromatic carbocycles. The van der Waals surface area contributed by atoms with Crippen LogP contribution in [0.15, 0.2) is 0 Å². The number of carbonyl (C=O) groups excluding carboxylic acids is 1. The molecule has 15 nitrogen and oxygen atoms in total. The Morgan fingerprint density at radius 1 is 0.860 bits per heavy atom. The van der Waals surface area contributed by atoms with Gasteiger partial charge in [0.1, 0.15) is 48.3 Å². The minimum atomic E-state index is -1.63. The number of hydrogen-bond acceptors (Lipinski definition) is 15. The summed E-state index contributed by atoms with van der Waals surface area (Å²) >= 11 is 0. The first-order valence-electron chi connectivity index (χ1n) is 21.6. The predicted octanol–water partition coefficient (Wildman–Crippen LogP) is 1.76. The second-order valence-electron chi connectivity index (χ2n) is 19.5. The maximum atomic E-state index is 12.9. The van der Waals surface area contributed by atoms with Gasteiger partial charge in [-0.05, 0) is 99.7 Å². The van der Waals surface area contributed by atoms with Crippen molar-refractivity contribution in [2.45, 2.75) is 191 Å². The largest absolute Gasteiger partial charge is 0.466 e. The van der Waals surface area contributed by atoms with Gasteiger partial charge in [-0.15, -0.1) is 0 Å². The summed E-state index contributed by atoms with van der Waals surface area (Å²) in [4.78, 5) is 11.4. The second kappa shape index (κ2) is 16.3. The molecule has 4 saturated carbocycles. The Bertz CT molecular complexity index is 1420. The Balaban J connectivity index is 1.02. The highest BCUT2D eigenvalue weighted by Crippen LogP contribution is 2.72. The van der Waals surface area contributed by atoms with Crippen LogP contribution in [0.1, 0.15) is 106 Å². The lowest BCUT2D eigenvalue weighted by atomic mass is 9.44. The molecule has 0 amide bonds. The highest BCUT2D eigenvalue weighted by molar-refractivity contribution is 5.65. The van der Waals surface area contributed by atoms with Crippen LogP contribution < -0.4 is 0 Å². The van der Waals surface area contributed by atoms with Crippen molar-refractivity contribution in [2.24, 2.45) is 46.3 Å². The van der Waals surface area contributed by atoms with Crippen LogP contribution in [0.3, 0.4) is 0 Å². The molecule has 4 aliphatic carbocycles. The van der Waals surface area contributed by atoms with Gasteiger partial charge in [0.05, 0.1) is 31.5 Å². The van der Waals surface area contributed by atoms with Gasteiger partial charge in [0, 0.05) is 31.8 Å². The summed E-state index contributed by atoms with van der Waals surface area (Å²) in [6, 6.07) is 0. The summed E-state index contributed by atoms with van der Waals surface area (Å²) in [5, 5.41) is 76.0. The van der Waals surface area contributed by atoms with Crippen molar-refractivity contribution >= 4 is 5.97 Å². The van der Waals surface area contributed by atoms with E-state index >= 15 is 0 Å². The zero-order valence-corrected chi connectivity index (χ0v) is 34.8. The first-order chi connectivity index (χ1) is 26.8. The van der Waals surface area contributed by atoms with Gasteiger partial charge in [0.2, 0.25) is 0 Å². The van der Waals surface area contributed by atoms with E-state index in [4.69, 9.17) is 33.2 Å². The number of rotatable bonds is 11. The Morgan fingerprint density at radius 3 is 2.28 bits per heavy atom. The minimum absolute atomic E-state index is 0.0467. The first-order valence-corrected chi connectivity index (χ1v) is 21.6. The SMILES string of the molecule is CO[C@]1(CC[C@@H](C)COC(C)=O)O[C@H]2C[C@H]3[C@@H]4CC[C@H]5C[C@@H](O[C@@H]6O[C@H](CO)[C@@H](O)[C@H](O)[C@H]6O[C@@H]6O[C@@H](C)[C@H](O)[C@@H](O)[C@H]6O)CC[C@]5(C)[C@H]4CC[C@]3(C)[C@@]2(O)[C@@H]1C. The van der Waals surface area contributed by atoms with Crippen molar-refractivity contribution in [3.8, 4) is 0 Å². The van der Waals surface area contributed by atoms with Crippen LogP contribution in [-0.4, -0.2) is 147 Å². The van der Waals surface area contributed by atoms with Crippen LogP contribution in [0.4, 0.5) is 0 Å². The van der Waals surface area contributed by atoms with E-state index in [0.717, 1.165) is 57.8 Å². The van der Waals surface area contributed by atoms with Crippen molar-refractivity contribution in [1.82, 2.24) is 0 Å². The number of fused-ring (bicyclic) bond motifs is 7. The molecule has 7 rings (SSSR count). The molecule has 328 valence electrons. The van der Waals surface area contributed by atoms with Crippen molar-refractivity contribution in [3.05, 3.63) is 0 Å². The van der Waals surface area contributed by atoms with Gasteiger partial charge in [-0.2, -0.15) is 0 Å². The molecule has 0 aromatic rings. The normalized spacial score (nSPS) is 54.0. The van der Waals surface area contributed by atoms with Crippen LogP contribution in [-0.2, 0) is 38.0 Å². The highest BCUT2D eigenvalue weighted by atomic mass is 16.8. The smallest absolute Gasteiger partial charge is 0.302 e. The Kier molecular flexibility index (Phi) is 12.6. The molecule has 7 N–H and O–H groups in total. The molecule has 15 heteroatoms. The van der Waals surface area contributed by atoms with E-state index in [1.54, 1.807) is 7.11 Å². The number of aliphatic hydroxyl groups excluding tert-OH is 6. The van der Waals surface area contributed by atoms with Crippen molar-refractivity contribution in [1.29, 1.82) is 0 Å². The Labute approximate surface area is 336 Å². The number of hydrogen-bond donors (Lipinski definition) is 7. The average molecular weight is 815 g/mol. The fraction of sp³-hybridized carbons (Fsp3) is 0.976. The fourth-order valence-electron chi connectivity index (χ4n) is 13.1. The van der Waals surface area contributed by atoms with Gasteiger partial charge in [-0.3, -0.25) is 4.79 Å². The third kappa shape index (κ3) is 7.23. The van der Waals surface area contributed by atoms with Crippen LogP contribution in [0, 0.1) is 46.3 Å². The van der Waals surface area contributed by atoms with Crippen molar-refractivity contribution < 1.29 is 73.7 Å². The third-order valence-corrected chi connectivity index (χ3v) is 16.7. The van der Waals surface area contributed by atoms with Crippen LogP contribution in [0.25, 0.3) is 0 Å². The predicted molar refractivity (Wildman–Crippen MR) is 201 cm³/mol. The van der Waals surface area contributed by atoms with E-state index in [1.165, 1.54) is 13.8 Å². The summed E-state index contributed by atoms with van der Waals surface area (Å²) in [5.41, 5.74) is -1.33. The number of esters is 1. The Morgan fingerprint density at radius 2 is 1.60 bits per heavy atom. The average Bonchev–Trinajstić information content (AvgIpc) is 3.55. The summed E-state index contributed by atoms with van der Waals surface area (Å²) < 4.78 is 42.4. The molecular formula is C42H70O15. The van der Waals surface area contributed by atoms with Crippen LogP contribution in [0.5, 0.6) is 0 Å². The Hall–Kier alpha value is -1.05. The quantitative estimate of drug-likeness (QED) is 0.117. The molecular weight excluding hydrogens is 744 g/mol. The summed E-state index contributed by atoms with van der Waals surface area (Å²) in [5.74, 6) is 0.223. The van der Waals surface area contributed by atoms with E-state index in [9.17, 15) is 40.5 Å². The monoisotopic (exact) mass is 814 g/mol. The molecule has 0 aromatic heterocycles. The number of methoxy groups -OCH3 is 1. The van der Waals surface area contributed by atoms with E-state index in [2.05, 4.69) is 20.8 Å². The summed E-state index contributed by atoms with van der Waals surface area (Å²) in [6.45, 7) is 11.6. The van der Waals surface area contributed by atoms with Crippen molar-refractivity contribution in [3.63, 3.8) is 0 Å². The van der Waals surface area contributed by atoms with Crippen LogP contribution >= 0.6 is 0 Å².